The minimum absolute atomic E-state index is 0.145. The summed E-state index contributed by atoms with van der Waals surface area (Å²) in [6.07, 6.45) is 5.02. The second-order valence-corrected chi connectivity index (χ2v) is 6.76. The molecule has 1 saturated carbocycles. The van der Waals surface area contributed by atoms with Crippen LogP contribution < -0.4 is 10.2 Å². The molecule has 2 fully saturated rings. The van der Waals surface area contributed by atoms with Gasteiger partial charge in [0.05, 0.1) is 28.2 Å². The van der Waals surface area contributed by atoms with Gasteiger partial charge in [0.15, 0.2) is 0 Å². The number of halogens is 1. The number of carbonyl (C=O) groups excluding carboxylic acids is 3. The van der Waals surface area contributed by atoms with E-state index in [2.05, 4.69) is 17.5 Å². The van der Waals surface area contributed by atoms with E-state index in [9.17, 15) is 14.4 Å². The van der Waals surface area contributed by atoms with Crippen molar-refractivity contribution < 1.29 is 14.4 Å². The first-order valence-electron chi connectivity index (χ1n) is 7.60. The molecule has 23 heavy (non-hydrogen) atoms. The van der Waals surface area contributed by atoms with E-state index >= 15 is 0 Å². The second kappa shape index (κ2) is 4.93. The summed E-state index contributed by atoms with van der Waals surface area (Å²) in [5.74, 6) is -0.681. The molecule has 0 spiro atoms. The lowest BCUT2D eigenvalue weighted by molar-refractivity contribution is -0.123. The zero-order chi connectivity index (χ0) is 16.3. The maximum Gasteiger partial charge on any atom is 0.238 e. The third-order valence-electron chi connectivity index (χ3n) is 4.99. The molecule has 6 heteroatoms. The number of carbonyl (C=O) groups is 3. The Balaban J connectivity index is 1.70. The average molecular weight is 331 g/mol. The standard InChI is InChI=1S/C17H15ClN2O3/c1-8(21)19-13-7-11(4-5-12(13)18)20-16(22)14-9-2-3-10(6-9)15(14)17(20)23/h2-5,7,9-10,14-15H,6H2,1H3,(H,19,21)/t9-,10+,14-,15+. The maximum absolute atomic E-state index is 12.8. The summed E-state index contributed by atoms with van der Waals surface area (Å²) in [6.45, 7) is 1.38. The van der Waals surface area contributed by atoms with E-state index in [1.807, 2.05) is 0 Å². The smallest absolute Gasteiger partial charge is 0.238 e. The molecule has 1 aromatic carbocycles. The van der Waals surface area contributed by atoms with Crippen LogP contribution in [0, 0.1) is 23.7 Å². The van der Waals surface area contributed by atoms with Crippen LogP contribution in [-0.4, -0.2) is 17.7 Å². The lowest BCUT2D eigenvalue weighted by Crippen LogP contribution is -2.32. The lowest BCUT2D eigenvalue weighted by atomic mass is 9.85. The number of hydrogen-bond donors (Lipinski definition) is 1. The monoisotopic (exact) mass is 330 g/mol. The van der Waals surface area contributed by atoms with Gasteiger partial charge in [-0.2, -0.15) is 0 Å². The van der Waals surface area contributed by atoms with Crippen molar-refractivity contribution in [1.82, 2.24) is 0 Å². The SMILES string of the molecule is CC(=O)Nc1cc(N2C(=O)[C@@H]3[C@H](C2=O)[C@@H]2C=C[C@H]3C2)ccc1Cl. The van der Waals surface area contributed by atoms with Gasteiger partial charge in [-0.05, 0) is 36.5 Å². The minimum Gasteiger partial charge on any atom is -0.325 e. The van der Waals surface area contributed by atoms with Gasteiger partial charge in [-0.1, -0.05) is 23.8 Å². The highest BCUT2D eigenvalue weighted by Crippen LogP contribution is 2.53. The lowest BCUT2D eigenvalue weighted by Gasteiger charge is -2.18. The molecule has 4 rings (SSSR count). The molecule has 1 aliphatic heterocycles. The Bertz CT molecular complexity index is 743. The molecule has 1 N–H and O–H groups in total. The van der Waals surface area contributed by atoms with Crippen molar-refractivity contribution in [3.8, 4) is 0 Å². The van der Waals surface area contributed by atoms with Gasteiger partial charge < -0.3 is 5.32 Å². The highest BCUT2D eigenvalue weighted by atomic mass is 35.5. The van der Waals surface area contributed by atoms with Gasteiger partial charge in [0.1, 0.15) is 0 Å². The Labute approximate surface area is 138 Å². The van der Waals surface area contributed by atoms with Crippen LogP contribution in [0.1, 0.15) is 13.3 Å². The molecular formula is C17H15ClN2O3. The topological polar surface area (TPSA) is 66.5 Å². The third-order valence-corrected chi connectivity index (χ3v) is 5.32. The zero-order valence-corrected chi connectivity index (χ0v) is 13.2. The van der Waals surface area contributed by atoms with Crippen molar-refractivity contribution in [1.29, 1.82) is 0 Å². The highest BCUT2D eigenvalue weighted by Gasteiger charge is 2.59. The van der Waals surface area contributed by atoms with Crippen molar-refractivity contribution >= 4 is 40.7 Å². The summed E-state index contributed by atoms with van der Waals surface area (Å²) < 4.78 is 0. The van der Waals surface area contributed by atoms with Crippen LogP contribution in [-0.2, 0) is 14.4 Å². The number of nitrogens with one attached hydrogen (secondary N) is 1. The second-order valence-electron chi connectivity index (χ2n) is 6.36. The van der Waals surface area contributed by atoms with Gasteiger partial charge in [-0.25, -0.2) is 4.90 Å². The molecule has 0 unspecified atom stereocenters. The predicted octanol–water partition coefficient (Wildman–Crippen LogP) is 2.61. The summed E-state index contributed by atoms with van der Waals surface area (Å²) in [5.41, 5.74) is 0.859. The molecule has 3 aliphatic rings. The number of imide groups is 1. The van der Waals surface area contributed by atoms with Crippen LogP contribution >= 0.6 is 11.6 Å². The molecule has 1 heterocycles. The summed E-state index contributed by atoms with van der Waals surface area (Å²) in [6, 6.07) is 4.80. The molecule has 3 amide bonds. The fourth-order valence-electron chi connectivity index (χ4n) is 4.09. The van der Waals surface area contributed by atoms with Gasteiger partial charge in [0.25, 0.3) is 0 Å². The van der Waals surface area contributed by atoms with E-state index in [1.165, 1.54) is 11.8 Å². The fraction of sp³-hybridized carbons (Fsp3) is 0.353. The first kappa shape index (κ1) is 14.5. The molecular weight excluding hydrogens is 316 g/mol. The quantitative estimate of drug-likeness (QED) is 0.669. The molecule has 2 bridgehead atoms. The first-order chi connectivity index (χ1) is 11.0. The molecule has 4 atom stereocenters. The normalized spacial score (nSPS) is 31.0. The summed E-state index contributed by atoms with van der Waals surface area (Å²) in [5, 5.41) is 2.98. The van der Waals surface area contributed by atoms with Gasteiger partial charge >= 0.3 is 0 Å². The van der Waals surface area contributed by atoms with Crippen LogP contribution in [0.3, 0.4) is 0 Å². The average Bonchev–Trinajstić information content (AvgIpc) is 3.16. The van der Waals surface area contributed by atoms with Crippen molar-refractivity contribution in [2.75, 3.05) is 10.2 Å². The van der Waals surface area contributed by atoms with E-state index in [-0.39, 0.29) is 41.4 Å². The van der Waals surface area contributed by atoms with Crippen molar-refractivity contribution in [3.05, 3.63) is 35.4 Å². The number of allylic oxidation sites excluding steroid dienone is 2. The van der Waals surface area contributed by atoms with E-state index in [1.54, 1.807) is 18.2 Å². The molecule has 2 aliphatic carbocycles. The number of rotatable bonds is 2. The Hall–Kier alpha value is -2.14. The number of nitrogens with zero attached hydrogens (tertiary/aromatic N) is 1. The number of benzene rings is 1. The summed E-state index contributed by atoms with van der Waals surface area (Å²) in [7, 11) is 0. The maximum atomic E-state index is 12.8. The van der Waals surface area contributed by atoms with Gasteiger partial charge in [0.2, 0.25) is 17.7 Å². The molecule has 0 aromatic heterocycles. The molecule has 1 aromatic rings. The minimum atomic E-state index is -0.262. The Morgan fingerprint density at radius 1 is 1.17 bits per heavy atom. The van der Waals surface area contributed by atoms with Gasteiger partial charge in [-0.3, -0.25) is 14.4 Å². The van der Waals surface area contributed by atoms with E-state index < -0.39 is 0 Å². The van der Waals surface area contributed by atoms with Crippen LogP contribution in [0.15, 0.2) is 30.4 Å². The van der Waals surface area contributed by atoms with Crippen molar-refractivity contribution in [2.24, 2.45) is 23.7 Å². The van der Waals surface area contributed by atoms with Crippen LogP contribution in [0.4, 0.5) is 11.4 Å². The number of hydrogen-bond acceptors (Lipinski definition) is 3. The summed E-state index contributed by atoms with van der Waals surface area (Å²) in [4.78, 5) is 38.0. The Kier molecular flexibility index (Phi) is 3.10. The van der Waals surface area contributed by atoms with Crippen LogP contribution in [0.5, 0.6) is 0 Å². The zero-order valence-electron chi connectivity index (χ0n) is 12.5. The van der Waals surface area contributed by atoms with Crippen LogP contribution in [0.25, 0.3) is 0 Å². The van der Waals surface area contributed by atoms with E-state index in [0.29, 0.717) is 16.4 Å². The fourth-order valence-corrected chi connectivity index (χ4v) is 4.26. The van der Waals surface area contributed by atoms with Crippen LogP contribution in [0.2, 0.25) is 5.02 Å². The predicted molar refractivity (Wildman–Crippen MR) is 86.0 cm³/mol. The first-order valence-corrected chi connectivity index (χ1v) is 7.98. The number of fused-ring (bicyclic) bond motifs is 5. The van der Waals surface area contributed by atoms with E-state index in [0.717, 1.165) is 6.42 Å². The highest BCUT2D eigenvalue weighted by molar-refractivity contribution is 6.34. The van der Waals surface area contributed by atoms with E-state index in [4.69, 9.17) is 11.6 Å². The summed E-state index contributed by atoms with van der Waals surface area (Å²) >= 11 is 6.06. The van der Waals surface area contributed by atoms with Gasteiger partial charge in [0, 0.05) is 6.92 Å². The molecule has 5 nitrogen and oxygen atoms in total. The number of anilines is 2. The molecule has 118 valence electrons. The van der Waals surface area contributed by atoms with Crippen molar-refractivity contribution in [2.45, 2.75) is 13.3 Å². The molecule has 0 radical (unpaired) electrons. The molecule has 1 saturated heterocycles. The van der Waals surface area contributed by atoms with Crippen molar-refractivity contribution in [3.63, 3.8) is 0 Å². The Morgan fingerprint density at radius 2 is 1.78 bits per heavy atom. The third kappa shape index (κ3) is 2.03. The Morgan fingerprint density at radius 3 is 2.35 bits per heavy atom. The largest absolute Gasteiger partial charge is 0.325 e. The van der Waals surface area contributed by atoms with Gasteiger partial charge in [-0.15, -0.1) is 0 Å². The number of amides is 3.